The smallest absolute Gasteiger partial charge is 0.148 e. The Morgan fingerprint density at radius 2 is 1.95 bits per heavy atom. The lowest BCUT2D eigenvalue weighted by molar-refractivity contribution is 0.415. The quantitative estimate of drug-likeness (QED) is 0.565. The number of aromatic nitrogens is 2. The van der Waals surface area contributed by atoms with E-state index >= 15 is 0 Å². The summed E-state index contributed by atoms with van der Waals surface area (Å²) in [6.45, 7) is 4.12. The Hall–Kier alpha value is -1.86. The van der Waals surface area contributed by atoms with Crippen LogP contribution in [-0.2, 0) is 0 Å². The summed E-state index contributed by atoms with van der Waals surface area (Å²) in [6, 6.07) is 5.69. The van der Waals surface area contributed by atoms with E-state index in [1.807, 2.05) is 18.2 Å². The van der Waals surface area contributed by atoms with E-state index in [-0.39, 0.29) is 5.92 Å². The van der Waals surface area contributed by atoms with Crippen molar-refractivity contribution in [2.75, 3.05) is 17.9 Å². The Bertz CT molecular complexity index is 633. The van der Waals surface area contributed by atoms with E-state index in [4.69, 9.17) is 10.6 Å². The number of nitrogens with one attached hydrogen (secondary N) is 2. The molecule has 0 aliphatic rings. The molecule has 0 spiro atoms. The number of nitrogens with two attached hydrogens (primary N) is 1. The van der Waals surface area contributed by atoms with Crippen LogP contribution in [0.15, 0.2) is 29.0 Å². The number of hydrogen-bond acceptors (Lipinski definition) is 6. The third-order valence-electron chi connectivity index (χ3n) is 3.02. The molecule has 4 N–H and O–H groups in total. The number of benzene rings is 1. The van der Waals surface area contributed by atoms with Crippen molar-refractivity contribution in [3.8, 4) is 5.75 Å². The highest BCUT2D eigenvalue weighted by molar-refractivity contribution is 9.10. The molecule has 0 aliphatic heterocycles. The van der Waals surface area contributed by atoms with E-state index in [0.29, 0.717) is 11.6 Å². The highest BCUT2D eigenvalue weighted by atomic mass is 79.9. The molecule has 0 atom stereocenters. The summed E-state index contributed by atoms with van der Waals surface area (Å²) in [4.78, 5) is 8.47. The number of ether oxygens (including phenoxy) is 1. The van der Waals surface area contributed by atoms with Crippen LogP contribution in [0.25, 0.3) is 0 Å². The maximum absolute atomic E-state index is 5.53. The van der Waals surface area contributed by atoms with Crippen LogP contribution in [0.3, 0.4) is 0 Å². The lowest BCUT2D eigenvalue weighted by Gasteiger charge is -2.17. The molecular weight excluding hydrogens is 334 g/mol. The summed E-state index contributed by atoms with van der Waals surface area (Å²) < 4.78 is 6.16. The monoisotopic (exact) mass is 351 g/mol. The largest absolute Gasteiger partial charge is 0.497 e. The Kier molecular flexibility index (Phi) is 4.98. The molecule has 0 unspecified atom stereocenters. The van der Waals surface area contributed by atoms with Crippen LogP contribution in [0.4, 0.5) is 17.3 Å². The van der Waals surface area contributed by atoms with E-state index in [9.17, 15) is 0 Å². The van der Waals surface area contributed by atoms with Gasteiger partial charge in [0.15, 0.2) is 0 Å². The minimum absolute atomic E-state index is 0.212. The Labute approximate surface area is 132 Å². The highest BCUT2D eigenvalue weighted by Gasteiger charge is 2.15. The van der Waals surface area contributed by atoms with E-state index in [2.05, 4.69) is 50.5 Å². The van der Waals surface area contributed by atoms with Crippen molar-refractivity contribution in [2.45, 2.75) is 19.8 Å². The summed E-state index contributed by atoms with van der Waals surface area (Å²) in [5.41, 5.74) is 4.40. The van der Waals surface area contributed by atoms with Crippen LogP contribution in [0.2, 0.25) is 0 Å². The number of anilines is 3. The molecule has 21 heavy (non-hydrogen) atoms. The first-order chi connectivity index (χ1) is 10.1. The molecule has 6 nitrogen and oxygen atoms in total. The van der Waals surface area contributed by atoms with E-state index in [0.717, 1.165) is 21.5 Å². The molecular formula is C14H18BrN5O. The van der Waals surface area contributed by atoms with Crippen molar-refractivity contribution in [3.05, 3.63) is 34.6 Å². The molecule has 1 aromatic carbocycles. The maximum atomic E-state index is 5.53. The van der Waals surface area contributed by atoms with Gasteiger partial charge >= 0.3 is 0 Å². The Morgan fingerprint density at radius 3 is 2.57 bits per heavy atom. The molecule has 1 heterocycles. The number of methoxy groups -OCH3 is 1. The molecule has 0 saturated heterocycles. The zero-order valence-corrected chi connectivity index (χ0v) is 13.7. The first-order valence-corrected chi connectivity index (χ1v) is 7.28. The predicted molar refractivity (Wildman–Crippen MR) is 87.9 cm³/mol. The number of nitrogen functional groups attached to an aromatic ring is 1. The van der Waals surface area contributed by atoms with E-state index in [1.54, 1.807) is 7.11 Å². The molecule has 0 bridgehead atoms. The van der Waals surface area contributed by atoms with Gasteiger partial charge in [0.05, 0.1) is 12.8 Å². The van der Waals surface area contributed by atoms with Crippen LogP contribution in [0, 0.1) is 0 Å². The van der Waals surface area contributed by atoms with Gasteiger partial charge < -0.3 is 15.5 Å². The lowest BCUT2D eigenvalue weighted by Crippen LogP contribution is -2.14. The Morgan fingerprint density at radius 1 is 1.24 bits per heavy atom. The zero-order chi connectivity index (χ0) is 15.4. The number of halogens is 1. The SMILES string of the molecule is COc1ccc(Br)c(Nc2ncnc(NN)c2C(C)C)c1. The summed E-state index contributed by atoms with van der Waals surface area (Å²) in [7, 11) is 1.63. The third-order valence-corrected chi connectivity index (χ3v) is 3.72. The second kappa shape index (κ2) is 6.73. The van der Waals surface area contributed by atoms with Gasteiger partial charge in [-0.3, -0.25) is 0 Å². The topological polar surface area (TPSA) is 85.1 Å². The second-order valence-electron chi connectivity index (χ2n) is 4.75. The lowest BCUT2D eigenvalue weighted by atomic mass is 10.0. The first-order valence-electron chi connectivity index (χ1n) is 6.49. The molecule has 2 rings (SSSR count). The van der Waals surface area contributed by atoms with Gasteiger partial charge in [-0.1, -0.05) is 13.8 Å². The van der Waals surface area contributed by atoms with Crippen LogP contribution < -0.4 is 21.3 Å². The molecule has 0 aliphatic carbocycles. The minimum atomic E-state index is 0.212. The number of rotatable bonds is 5. The fourth-order valence-electron chi connectivity index (χ4n) is 2.01. The molecule has 7 heteroatoms. The third kappa shape index (κ3) is 3.43. The van der Waals surface area contributed by atoms with E-state index in [1.165, 1.54) is 6.33 Å². The molecule has 112 valence electrons. The predicted octanol–water partition coefficient (Wildman–Crippen LogP) is 3.40. The average Bonchev–Trinajstić information content (AvgIpc) is 2.48. The van der Waals surface area contributed by atoms with Gasteiger partial charge in [0, 0.05) is 16.1 Å². The van der Waals surface area contributed by atoms with Gasteiger partial charge in [0.25, 0.3) is 0 Å². The van der Waals surface area contributed by atoms with Crippen molar-refractivity contribution in [1.82, 2.24) is 9.97 Å². The van der Waals surface area contributed by atoms with Crippen molar-refractivity contribution >= 4 is 33.3 Å². The van der Waals surface area contributed by atoms with Gasteiger partial charge in [0.1, 0.15) is 23.7 Å². The zero-order valence-electron chi connectivity index (χ0n) is 12.1. The highest BCUT2D eigenvalue weighted by Crippen LogP contribution is 2.33. The summed E-state index contributed by atoms with van der Waals surface area (Å²) in [6.07, 6.45) is 1.47. The van der Waals surface area contributed by atoms with Crippen molar-refractivity contribution < 1.29 is 4.74 Å². The van der Waals surface area contributed by atoms with Crippen LogP contribution in [-0.4, -0.2) is 17.1 Å². The van der Waals surface area contributed by atoms with Crippen molar-refractivity contribution in [1.29, 1.82) is 0 Å². The van der Waals surface area contributed by atoms with Gasteiger partial charge in [-0.2, -0.15) is 0 Å². The van der Waals surface area contributed by atoms with Crippen LogP contribution in [0.5, 0.6) is 5.75 Å². The average molecular weight is 352 g/mol. The molecule has 2 aromatic rings. The summed E-state index contributed by atoms with van der Waals surface area (Å²) in [5.74, 6) is 7.83. The number of hydrogen-bond donors (Lipinski definition) is 3. The fraction of sp³-hybridized carbons (Fsp3) is 0.286. The standard InChI is InChI=1S/C14H18BrN5O/c1-8(2)12-13(17-7-18-14(12)20-16)19-11-6-9(21-3)4-5-10(11)15/h4-8H,16H2,1-3H3,(H2,17,18,19,20). The second-order valence-corrected chi connectivity index (χ2v) is 5.61. The van der Waals surface area contributed by atoms with Crippen molar-refractivity contribution in [3.63, 3.8) is 0 Å². The molecule has 0 fully saturated rings. The molecule has 0 amide bonds. The van der Waals surface area contributed by atoms with Gasteiger partial charge in [-0.15, -0.1) is 0 Å². The summed E-state index contributed by atoms with van der Waals surface area (Å²) >= 11 is 3.51. The minimum Gasteiger partial charge on any atom is -0.497 e. The van der Waals surface area contributed by atoms with Gasteiger partial charge in [0.2, 0.25) is 0 Å². The first kappa shape index (κ1) is 15.5. The fourth-order valence-corrected chi connectivity index (χ4v) is 2.36. The normalized spacial score (nSPS) is 10.6. The number of hydrazine groups is 1. The summed E-state index contributed by atoms with van der Waals surface area (Å²) in [5, 5.41) is 3.30. The number of nitrogens with zero attached hydrogens (tertiary/aromatic N) is 2. The van der Waals surface area contributed by atoms with Crippen LogP contribution >= 0.6 is 15.9 Å². The molecule has 1 aromatic heterocycles. The van der Waals surface area contributed by atoms with Crippen molar-refractivity contribution in [2.24, 2.45) is 5.84 Å². The van der Waals surface area contributed by atoms with E-state index < -0.39 is 0 Å². The maximum Gasteiger partial charge on any atom is 0.148 e. The van der Waals surface area contributed by atoms with Crippen LogP contribution in [0.1, 0.15) is 25.3 Å². The Balaban J connectivity index is 2.44. The van der Waals surface area contributed by atoms with Gasteiger partial charge in [-0.05, 0) is 34.0 Å². The van der Waals surface area contributed by atoms with Gasteiger partial charge in [-0.25, -0.2) is 15.8 Å². The molecule has 0 saturated carbocycles. The molecule has 0 radical (unpaired) electrons.